The van der Waals surface area contributed by atoms with Gasteiger partial charge >= 0.3 is 0 Å². The van der Waals surface area contributed by atoms with Gasteiger partial charge < -0.3 is 9.12 Å². The Morgan fingerprint density at radius 3 is 2.79 bits per heavy atom. The first-order chi connectivity index (χ1) is 11.5. The van der Waals surface area contributed by atoms with Gasteiger partial charge in [-0.3, -0.25) is 4.79 Å². The van der Waals surface area contributed by atoms with Crippen molar-refractivity contribution in [3.63, 3.8) is 0 Å². The third kappa shape index (κ3) is 3.33. The van der Waals surface area contributed by atoms with E-state index in [1.165, 1.54) is 10.6 Å². The molecule has 1 atom stereocenters. The maximum Gasteiger partial charge on any atom is 0.274 e. The Morgan fingerprint density at radius 1 is 1.33 bits per heavy atom. The SMILES string of the molecule is CCC[S+]([O-])c1cc2n(Cc3ccc(Cl)nc3)c(C)cc(=O)n2n1. The van der Waals surface area contributed by atoms with E-state index in [0.717, 1.165) is 17.7 Å². The molecule has 0 aromatic carbocycles. The zero-order valence-corrected chi connectivity index (χ0v) is 15.0. The molecule has 8 heteroatoms. The molecule has 3 rings (SSSR count). The zero-order chi connectivity index (χ0) is 17.3. The van der Waals surface area contributed by atoms with Crippen LogP contribution in [-0.4, -0.2) is 29.5 Å². The normalized spacial score (nSPS) is 12.7. The molecule has 0 saturated heterocycles. The minimum atomic E-state index is -1.20. The van der Waals surface area contributed by atoms with E-state index < -0.39 is 11.2 Å². The largest absolute Gasteiger partial charge is 0.610 e. The first kappa shape index (κ1) is 17.0. The van der Waals surface area contributed by atoms with E-state index in [0.29, 0.717) is 28.1 Å². The molecule has 3 heterocycles. The lowest BCUT2D eigenvalue weighted by Crippen LogP contribution is -2.20. The molecule has 0 saturated carbocycles. The topological polar surface area (TPSA) is 75.2 Å². The van der Waals surface area contributed by atoms with Crippen LogP contribution in [0, 0.1) is 6.92 Å². The third-order valence-electron chi connectivity index (χ3n) is 3.66. The van der Waals surface area contributed by atoms with Crippen LogP contribution in [0.25, 0.3) is 5.65 Å². The second-order valence-electron chi connectivity index (χ2n) is 5.50. The highest BCUT2D eigenvalue weighted by Gasteiger charge is 2.18. The van der Waals surface area contributed by atoms with Gasteiger partial charge in [0, 0.05) is 29.1 Å². The van der Waals surface area contributed by atoms with Crippen molar-refractivity contribution in [1.82, 2.24) is 19.2 Å². The highest BCUT2D eigenvalue weighted by molar-refractivity contribution is 7.91. The van der Waals surface area contributed by atoms with Crippen LogP contribution in [0.4, 0.5) is 0 Å². The molecule has 0 N–H and O–H groups in total. The maximum atomic E-state index is 12.2. The van der Waals surface area contributed by atoms with Gasteiger partial charge in [0.2, 0.25) is 0 Å². The lowest BCUT2D eigenvalue weighted by atomic mass is 10.2. The van der Waals surface area contributed by atoms with Crippen LogP contribution in [-0.2, 0) is 17.7 Å². The Kier molecular flexibility index (Phi) is 4.93. The number of pyridine rings is 1. The molecule has 0 fully saturated rings. The quantitative estimate of drug-likeness (QED) is 0.514. The molecule has 0 bridgehead atoms. The van der Waals surface area contributed by atoms with Crippen LogP contribution < -0.4 is 5.56 Å². The number of fused-ring (bicyclic) bond motifs is 1. The van der Waals surface area contributed by atoms with Crippen LogP contribution in [0.5, 0.6) is 0 Å². The highest BCUT2D eigenvalue weighted by Crippen LogP contribution is 2.16. The van der Waals surface area contributed by atoms with Gasteiger partial charge in [0.05, 0.1) is 12.6 Å². The van der Waals surface area contributed by atoms with Crippen LogP contribution in [0.2, 0.25) is 5.15 Å². The molecule has 126 valence electrons. The van der Waals surface area contributed by atoms with Crippen LogP contribution in [0.15, 0.2) is 40.3 Å². The predicted octanol–water partition coefficient (Wildman–Crippen LogP) is 2.42. The molecular formula is C16H17ClN4O2S. The first-order valence-corrected chi connectivity index (χ1v) is 9.28. The Morgan fingerprint density at radius 2 is 2.12 bits per heavy atom. The van der Waals surface area contributed by atoms with E-state index in [2.05, 4.69) is 10.1 Å². The molecule has 0 aliphatic heterocycles. The minimum absolute atomic E-state index is 0.229. The summed E-state index contributed by atoms with van der Waals surface area (Å²) in [5, 5.41) is 5.10. The number of aromatic nitrogens is 4. The van der Waals surface area contributed by atoms with Crippen molar-refractivity contribution in [2.75, 3.05) is 5.75 Å². The van der Waals surface area contributed by atoms with Crippen LogP contribution in [0.1, 0.15) is 24.6 Å². The third-order valence-corrected chi connectivity index (χ3v) is 5.33. The monoisotopic (exact) mass is 364 g/mol. The highest BCUT2D eigenvalue weighted by atomic mass is 35.5. The van der Waals surface area contributed by atoms with E-state index in [9.17, 15) is 9.35 Å². The van der Waals surface area contributed by atoms with E-state index >= 15 is 0 Å². The van der Waals surface area contributed by atoms with Gasteiger partial charge in [0.25, 0.3) is 10.6 Å². The summed E-state index contributed by atoms with van der Waals surface area (Å²) < 4.78 is 15.5. The maximum absolute atomic E-state index is 12.2. The molecule has 3 aromatic rings. The fraction of sp³-hybridized carbons (Fsp3) is 0.312. The number of halogens is 1. The summed E-state index contributed by atoms with van der Waals surface area (Å²) in [4.78, 5) is 16.3. The van der Waals surface area contributed by atoms with Crippen molar-refractivity contribution >= 4 is 28.4 Å². The first-order valence-electron chi connectivity index (χ1n) is 7.58. The van der Waals surface area contributed by atoms with Gasteiger partial charge in [-0.05, 0) is 25.0 Å². The Labute approximate surface area is 147 Å². The van der Waals surface area contributed by atoms with Crippen molar-refractivity contribution in [2.24, 2.45) is 0 Å². The fourth-order valence-corrected chi connectivity index (χ4v) is 3.59. The average Bonchev–Trinajstić information content (AvgIpc) is 2.99. The summed E-state index contributed by atoms with van der Waals surface area (Å²) in [7, 11) is 0. The molecule has 6 nitrogen and oxygen atoms in total. The van der Waals surface area contributed by atoms with Crippen LogP contribution >= 0.6 is 11.6 Å². The summed E-state index contributed by atoms with van der Waals surface area (Å²) in [6.07, 6.45) is 2.49. The zero-order valence-electron chi connectivity index (χ0n) is 13.4. The molecule has 3 aromatic heterocycles. The van der Waals surface area contributed by atoms with E-state index in [1.807, 2.05) is 24.5 Å². The summed E-state index contributed by atoms with van der Waals surface area (Å²) in [6.45, 7) is 4.34. The summed E-state index contributed by atoms with van der Waals surface area (Å²) >= 11 is 4.62. The fourth-order valence-electron chi connectivity index (χ4n) is 2.49. The number of hydrogen-bond donors (Lipinski definition) is 0. The molecule has 1 unspecified atom stereocenters. The smallest absolute Gasteiger partial charge is 0.274 e. The number of aryl methyl sites for hydroxylation is 1. The molecule has 0 spiro atoms. The summed E-state index contributed by atoms with van der Waals surface area (Å²) in [5.41, 5.74) is 2.14. The molecule has 0 aliphatic carbocycles. The standard InChI is InChI=1S/C16H17ClN4O2S/c1-3-6-24(23)14-8-15-20(10-12-4-5-13(17)18-9-12)11(2)7-16(22)21(15)19-14/h4-5,7-9H,3,6,10H2,1-2H3. The van der Waals surface area contributed by atoms with Gasteiger partial charge in [0.1, 0.15) is 16.6 Å². The van der Waals surface area contributed by atoms with Gasteiger partial charge in [-0.15, -0.1) is 5.10 Å². The lowest BCUT2D eigenvalue weighted by Gasteiger charge is -2.12. The second-order valence-corrected chi connectivity index (χ2v) is 7.41. The molecule has 24 heavy (non-hydrogen) atoms. The van der Waals surface area contributed by atoms with Crippen LogP contribution in [0.3, 0.4) is 0 Å². The van der Waals surface area contributed by atoms with Gasteiger partial charge in [-0.2, -0.15) is 4.52 Å². The van der Waals surface area contributed by atoms with Gasteiger partial charge in [-0.25, -0.2) is 4.98 Å². The Bertz CT molecular complexity index is 920. The summed E-state index contributed by atoms with van der Waals surface area (Å²) in [6, 6.07) is 6.86. The lowest BCUT2D eigenvalue weighted by molar-refractivity contribution is 0.588. The van der Waals surface area contributed by atoms with Crippen molar-refractivity contribution in [2.45, 2.75) is 31.8 Å². The van der Waals surface area contributed by atoms with Gasteiger partial charge in [0.15, 0.2) is 0 Å². The van der Waals surface area contributed by atoms with Gasteiger partial charge in [-0.1, -0.05) is 24.6 Å². The molecular weight excluding hydrogens is 348 g/mol. The molecule has 0 aliphatic rings. The second kappa shape index (κ2) is 6.96. The van der Waals surface area contributed by atoms with E-state index in [-0.39, 0.29) is 5.56 Å². The van der Waals surface area contributed by atoms with E-state index in [1.54, 1.807) is 18.3 Å². The van der Waals surface area contributed by atoms with Crippen molar-refractivity contribution in [1.29, 1.82) is 0 Å². The Hall–Kier alpha value is -1.83. The summed E-state index contributed by atoms with van der Waals surface area (Å²) in [5.74, 6) is 0.526. The minimum Gasteiger partial charge on any atom is -0.610 e. The number of rotatable bonds is 5. The molecule has 0 radical (unpaired) electrons. The van der Waals surface area contributed by atoms with Crippen molar-refractivity contribution in [3.05, 3.63) is 57.2 Å². The predicted molar refractivity (Wildman–Crippen MR) is 94.1 cm³/mol. The Balaban J connectivity index is 2.09. The number of nitrogens with zero attached hydrogens (tertiary/aromatic N) is 4. The number of hydrogen-bond acceptors (Lipinski definition) is 4. The van der Waals surface area contributed by atoms with Crippen molar-refractivity contribution in [3.8, 4) is 0 Å². The van der Waals surface area contributed by atoms with E-state index in [4.69, 9.17) is 11.6 Å². The van der Waals surface area contributed by atoms with Crippen molar-refractivity contribution < 1.29 is 4.55 Å². The molecule has 0 amide bonds. The average molecular weight is 365 g/mol.